The maximum absolute atomic E-state index is 11.9. The molecule has 6 heteroatoms. The molecule has 0 aromatic rings. The molecule has 0 saturated carbocycles. The van der Waals surface area contributed by atoms with E-state index in [0.29, 0.717) is 12.5 Å². The SMILES string of the molecule is COCCC(CN1CC(COC)C1)NC(=O)OC(C)(C)C. The minimum atomic E-state index is -0.476. The molecule has 1 heterocycles. The summed E-state index contributed by atoms with van der Waals surface area (Å²) in [5.41, 5.74) is -0.476. The van der Waals surface area contributed by atoms with Crippen LogP contribution in [-0.2, 0) is 14.2 Å². The van der Waals surface area contributed by atoms with Gasteiger partial charge in [-0.3, -0.25) is 0 Å². The van der Waals surface area contributed by atoms with Crippen LogP contribution >= 0.6 is 0 Å². The third-order valence-corrected chi connectivity index (χ3v) is 3.31. The number of nitrogens with zero attached hydrogens (tertiary/aromatic N) is 1. The van der Waals surface area contributed by atoms with Crippen molar-refractivity contribution in [3.05, 3.63) is 0 Å². The zero-order valence-electron chi connectivity index (χ0n) is 14.0. The number of rotatable bonds is 8. The highest BCUT2D eigenvalue weighted by Crippen LogP contribution is 2.16. The molecule has 1 N–H and O–H groups in total. The fourth-order valence-electron chi connectivity index (χ4n) is 2.42. The molecular weight excluding hydrogens is 272 g/mol. The molecule has 1 aliphatic rings. The van der Waals surface area contributed by atoms with Crippen LogP contribution in [0.3, 0.4) is 0 Å². The largest absolute Gasteiger partial charge is 0.444 e. The van der Waals surface area contributed by atoms with E-state index in [2.05, 4.69) is 10.2 Å². The first-order valence-electron chi connectivity index (χ1n) is 7.53. The molecule has 1 atom stereocenters. The Morgan fingerprint density at radius 1 is 1.29 bits per heavy atom. The standard InChI is InChI=1S/C15H30N2O4/c1-15(2,3)21-14(18)16-13(6-7-19-4)10-17-8-12(9-17)11-20-5/h12-13H,6-11H2,1-5H3,(H,16,18). The normalized spacial score (nSPS) is 18.1. The van der Waals surface area contributed by atoms with Crippen LogP contribution < -0.4 is 5.32 Å². The molecule has 0 aromatic carbocycles. The molecule has 124 valence electrons. The highest BCUT2D eigenvalue weighted by molar-refractivity contribution is 5.68. The summed E-state index contributed by atoms with van der Waals surface area (Å²) in [5.74, 6) is 0.611. The Morgan fingerprint density at radius 3 is 2.48 bits per heavy atom. The van der Waals surface area contributed by atoms with Crippen LogP contribution in [0, 0.1) is 5.92 Å². The first kappa shape index (κ1) is 18.2. The number of ether oxygens (including phenoxy) is 3. The topological polar surface area (TPSA) is 60.0 Å². The fourth-order valence-corrected chi connectivity index (χ4v) is 2.42. The van der Waals surface area contributed by atoms with Crippen molar-refractivity contribution in [2.45, 2.75) is 38.8 Å². The number of amides is 1. The van der Waals surface area contributed by atoms with Gasteiger partial charge >= 0.3 is 6.09 Å². The highest BCUT2D eigenvalue weighted by Gasteiger charge is 2.29. The van der Waals surface area contributed by atoms with E-state index in [1.54, 1.807) is 14.2 Å². The van der Waals surface area contributed by atoms with Crippen molar-refractivity contribution in [2.75, 3.05) is 47.1 Å². The smallest absolute Gasteiger partial charge is 0.407 e. The number of methoxy groups -OCH3 is 2. The van der Waals surface area contributed by atoms with E-state index in [9.17, 15) is 4.79 Å². The third-order valence-electron chi connectivity index (χ3n) is 3.31. The number of carbonyl (C=O) groups excluding carboxylic acids is 1. The molecule has 1 saturated heterocycles. The van der Waals surface area contributed by atoms with Crippen LogP contribution in [0.4, 0.5) is 4.79 Å². The number of carbonyl (C=O) groups is 1. The summed E-state index contributed by atoms with van der Waals surface area (Å²) in [6.07, 6.45) is 0.416. The van der Waals surface area contributed by atoms with E-state index >= 15 is 0 Å². The lowest BCUT2D eigenvalue weighted by molar-refractivity contribution is 0.0208. The first-order chi connectivity index (χ1) is 9.84. The van der Waals surface area contributed by atoms with Gasteiger partial charge in [-0.15, -0.1) is 0 Å². The first-order valence-corrected chi connectivity index (χ1v) is 7.53. The van der Waals surface area contributed by atoms with Crippen molar-refractivity contribution >= 4 is 6.09 Å². The van der Waals surface area contributed by atoms with Gasteiger partial charge < -0.3 is 24.4 Å². The Balaban J connectivity index is 2.36. The average molecular weight is 302 g/mol. The number of hydrogen-bond acceptors (Lipinski definition) is 5. The van der Waals surface area contributed by atoms with Crippen LogP contribution in [0.15, 0.2) is 0 Å². The molecule has 1 unspecified atom stereocenters. The van der Waals surface area contributed by atoms with Crippen molar-refractivity contribution in [1.29, 1.82) is 0 Å². The second-order valence-electron chi connectivity index (χ2n) is 6.66. The fraction of sp³-hybridized carbons (Fsp3) is 0.933. The van der Waals surface area contributed by atoms with E-state index in [4.69, 9.17) is 14.2 Å². The molecule has 0 aliphatic carbocycles. The molecule has 1 amide bonds. The molecule has 6 nitrogen and oxygen atoms in total. The Morgan fingerprint density at radius 2 is 1.95 bits per heavy atom. The summed E-state index contributed by atoms with van der Waals surface area (Å²) < 4.78 is 15.6. The van der Waals surface area contributed by atoms with Gasteiger partial charge in [-0.25, -0.2) is 4.79 Å². The maximum atomic E-state index is 11.9. The summed E-state index contributed by atoms with van der Waals surface area (Å²) in [6, 6.07) is 0.0447. The Bertz CT molecular complexity index is 311. The monoisotopic (exact) mass is 302 g/mol. The Hall–Kier alpha value is -0.850. The quantitative estimate of drug-likeness (QED) is 0.736. The third kappa shape index (κ3) is 7.64. The second-order valence-corrected chi connectivity index (χ2v) is 6.66. The summed E-state index contributed by atoms with van der Waals surface area (Å²) in [6.45, 7) is 9.88. The van der Waals surface area contributed by atoms with Crippen molar-refractivity contribution in [3.8, 4) is 0 Å². The minimum absolute atomic E-state index is 0.0447. The predicted octanol–water partition coefficient (Wildman–Crippen LogP) is 1.49. The molecule has 1 aliphatic heterocycles. The van der Waals surface area contributed by atoms with Crippen LogP contribution in [-0.4, -0.2) is 69.7 Å². The molecule has 1 rings (SSSR count). The van der Waals surface area contributed by atoms with Crippen LogP contribution in [0.1, 0.15) is 27.2 Å². The van der Waals surface area contributed by atoms with E-state index < -0.39 is 5.60 Å². The van der Waals surface area contributed by atoms with E-state index in [-0.39, 0.29) is 12.1 Å². The van der Waals surface area contributed by atoms with E-state index in [1.807, 2.05) is 20.8 Å². The lowest BCUT2D eigenvalue weighted by atomic mass is 10.00. The summed E-state index contributed by atoms with van der Waals surface area (Å²) in [7, 11) is 3.40. The van der Waals surface area contributed by atoms with Gasteiger partial charge in [0.15, 0.2) is 0 Å². The van der Waals surface area contributed by atoms with Gasteiger partial charge in [0, 0.05) is 52.4 Å². The van der Waals surface area contributed by atoms with E-state index in [1.165, 1.54) is 0 Å². The Labute approximate surface area is 128 Å². The van der Waals surface area contributed by atoms with Crippen LogP contribution in [0.5, 0.6) is 0 Å². The van der Waals surface area contributed by atoms with Crippen LogP contribution in [0.2, 0.25) is 0 Å². The van der Waals surface area contributed by atoms with Crippen molar-refractivity contribution < 1.29 is 19.0 Å². The lowest BCUT2D eigenvalue weighted by Crippen LogP contribution is -2.54. The number of hydrogen-bond donors (Lipinski definition) is 1. The molecule has 21 heavy (non-hydrogen) atoms. The second kappa shape index (κ2) is 8.56. The Kier molecular flexibility index (Phi) is 7.42. The van der Waals surface area contributed by atoms with Crippen LogP contribution in [0.25, 0.3) is 0 Å². The van der Waals surface area contributed by atoms with Gasteiger partial charge in [0.1, 0.15) is 5.60 Å². The molecule has 0 spiro atoms. The molecule has 0 bridgehead atoms. The van der Waals surface area contributed by atoms with Gasteiger partial charge in [0.2, 0.25) is 0 Å². The summed E-state index contributed by atoms with van der Waals surface area (Å²) in [5, 5.41) is 2.94. The van der Waals surface area contributed by atoms with Gasteiger partial charge in [0.25, 0.3) is 0 Å². The molecular formula is C15H30N2O4. The van der Waals surface area contributed by atoms with Gasteiger partial charge in [-0.2, -0.15) is 0 Å². The lowest BCUT2D eigenvalue weighted by Gasteiger charge is -2.40. The van der Waals surface area contributed by atoms with Crippen molar-refractivity contribution in [3.63, 3.8) is 0 Å². The number of alkyl carbamates (subject to hydrolysis) is 1. The minimum Gasteiger partial charge on any atom is -0.444 e. The molecule has 0 radical (unpaired) electrons. The van der Waals surface area contributed by atoms with Crippen molar-refractivity contribution in [2.24, 2.45) is 5.92 Å². The van der Waals surface area contributed by atoms with Gasteiger partial charge in [0.05, 0.1) is 6.61 Å². The number of likely N-dealkylation sites (tertiary alicyclic amines) is 1. The number of nitrogens with one attached hydrogen (secondary N) is 1. The predicted molar refractivity (Wildman–Crippen MR) is 81.5 cm³/mol. The van der Waals surface area contributed by atoms with Gasteiger partial charge in [-0.1, -0.05) is 0 Å². The van der Waals surface area contributed by atoms with Gasteiger partial charge in [-0.05, 0) is 27.2 Å². The molecule has 1 fully saturated rings. The highest BCUT2D eigenvalue weighted by atomic mass is 16.6. The summed E-state index contributed by atoms with van der Waals surface area (Å²) in [4.78, 5) is 14.2. The summed E-state index contributed by atoms with van der Waals surface area (Å²) >= 11 is 0. The zero-order valence-corrected chi connectivity index (χ0v) is 14.0. The average Bonchev–Trinajstić information content (AvgIpc) is 2.30. The molecule has 0 aromatic heterocycles. The van der Waals surface area contributed by atoms with Crippen molar-refractivity contribution in [1.82, 2.24) is 10.2 Å². The zero-order chi connectivity index (χ0) is 15.9. The van der Waals surface area contributed by atoms with E-state index in [0.717, 1.165) is 32.7 Å². The maximum Gasteiger partial charge on any atom is 0.407 e.